The number of ether oxygens (including phenoxy) is 1. The fourth-order valence-corrected chi connectivity index (χ4v) is 3.92. The molecule has 0 saturated carbocycles. The smallest absolute Gasteiger partial charge is 0.253 e. The van der Waals surface area contributed by atoms with Gasteiger partial charge in [-0.3, -0.25) is 9.59 Å². The number of hydrogen-bond acceptors (Lipinski definition) is 4. The predicted octanol–water partition coefficient (Wildman–Crippen LogP) is 2.91. The van der Waals surface area contributed by atoms with Gasteiger partial charge in [0.1, 0.15) is 0 Å². The maximum Gasteiger partial charge on any atom is 0.253 e. The van der Waals surface area contributed by atoms with Crippen molar-refractivity contribution in [3.63, 3.8) is 0 Å². The van der Waals surface area contributed by atoms with Crippen LogP contribution >= 0.6 is 0 Å². The molecule has 2 aromatic rings. The van der Waals surface area contributed by atoms with Gasteiger partial charge in [0.05, 0.1) is 6.61 Å². The van der Waals surface area contributed by atoms with Crippen molar-refractivity contribution in [2.45, 2.75) is 13.3 Å². The van der Waals surface area contributed by atoms with E-state index in [2.05, 4.69) is 34.5 Å². The lowest BCUT2D eigenvalue weighted by molar-refractivity contribution is -0.114. The Hall–Kier alpha value is -2.70. The van der Waals surface area contributed by atoms with Crippen molar-refractivity contribution in [1.29, 1.82) is 0 Å². The van der Waals surface area contributed by atoms with Crippen molar-refractivity contribution in [1.82, 2.24) is 9.80 Å². The molecule has 0 aliphatic carbocycles. The number of anilines is 1. The summed E-state index contributed by atoms with van der Waals surface area (Å²) in [5.74, 6) is 0.172. The first-order chi connectivity index (χ1) is 14.5. The van der Waals surface area contributed by atoms with Crippen LogP contribution in [0.5, 0.6) is 0 Å². The van der Waals surface area contributed by atoms with Crippen molar-refractivity contribution in [2.75, 3.05) is 51.8 Å². The Labute approximate surface area is 178 Å². The Morgan fingerprint density at radius 3 is 2.43 bits per heavy atom. The summed E-state index contributed by atoms with van der Waals surface area (Å²) in [5, 5.41) is 2.73. The number of hydrogen-bond donors (Lipinski definition) is 1. The van der Waals surface area contributed by atoms with Gasteiger partial charge in [0.15, 0.2) is 0 Å². The fourth-order valence-electron chi connectivity index (χ4n) is 3.92. The quantitative estimate of drug-likeness (QED) is 0.764. The Balaban J connectivity index is 1.63. The molecule has 0 radical (unpaired) electrons. The number of benzene rings is 2. The number of amides is 2. The summed E-state index contributed by atoms with van der Waals surface area (Å²) in [6.45, 7) is 6.22. The first-order valence-corrected chi connectivity index (χ1v) is 10.5. The maximum atomic E-state index is 13.1. The van der Waals surface area contributed by atoms with Gasteiger partial charge in [-0.15, -0.1) is 0 Å². The molecule has 0 unspecified atom stereocenters. The van der Waals surface area contributed by atoms with Gasteiger partial charge in [-0.25, -0.2) is 0 Å². The Bertz CT molecular complexity index is 823. The van der Waals surface area contributed by atoms with Gasteiger partial charge in [-0.2, -0.15) is 0 Å². The molecule has 6 nitrogen and oxygen atoms in total. The number of nitrogens with zero attached hydrogens (tertiary/aromatic N) is 2. The molecule has 160 valence electrons. The van der Waals surface area contributed by atoms with Crippen LogP contribution in [0.2, 0.25) is 0 Å². The second-order valence-electron chi connectivity index (χ2n) is 7.87. The first-order valence-electron chi connectivity index (χ1n) is 10.5. The molecule has 0 bridgehead atoms. The highest BCUT2D eigenvalue weighted by Crippen LogP contribution is 2.16. The third-order valence-corrected chi connectivity index (χ3v) is 5.38. The first kappa shape index (κ1) is 22.0. The highest BCUT2D eigenvalue weighted by molar-refractivity contribution is 5.95. The van der Waals surface area contributed by atoms with Crippen LogP contribution in [-0.4, -0.2) is 68.1 Å². The van der Waals surface area contributed by atoms with Gasteiger partial charge < -0.3 is 19.9 Å². The molecule has 1 N–H and O–H groups in total. The minimum Gasteiger partial charge on any atom is -0.384 e. The van der Waals surface area contributed by atoms with Crippen molar-refractivity contribution >= 4 is 17.5 Å². The highest BCUT2D eigenvalue weighted by atomic mass is 16.5. The molecule has 2 amide bonds. The van der Waals surface area contributed by atoms with E-state index in [1.54, 1.807) is 31.4 Å². The minimum atomic E-state index is -0.125. The normalized spacial score (nSPS) is 17.4. The highest BCUT2D eigenvalue weighted by Gasteiger charge is 2.26. The van der Waals surface area contributed by atoms with Crippen LogP contribution in [-0.2, 0) is 16.0 Å². The Kier molecular flexibility index (Phi) is 7.99. The van der Waals surface area contributed by atoms with Crippen LogP contribution in [0.1, 0.15) is 22.8 Å². The molecule has 0 spiro atoms. The van der Waals surface area contributed by atoms with E-state index in [9.17, 15) is 9.59 Å². The van der Waals surface area contributed by atoms with Crippen LogP contribution in [0.25, 0.3) is 0 Å². The third-order valence-electron chi connectivity index (χ3n) is 5.38. The maximum absolute atomic E-state index is 13.1. The van der Waals surface area contributed by atoms with Crippen LogP contribution < -0.4 is 5.32 Å². The van der Waals surface area contributed by atoms with Crippen LogP contribution in [0.15, 0.2) is 54.6 Å². The van der Waals surface area contributed by atoms with Crippen LogP contribution in [0.4, 0.5) is 5.69 Å². The SMILES string of the molecule is COC[C@@H]1CN(CCc2ccccc2)CCN(C(=O)c2ccc(NC(C)=O)cc2)C1. The summed E-state index contributed by atoms with van der Waals surface area (Å²) in [6, 6.07) is 17.6. The van der Waals surface area contributed by atoms with Gasteiger partial charge in [-0.05, 0) is 36.2 Å². The van der Waals surface area contributed by atoms with Crippen molar-refractivity contribution in [3.05, 3.63) is 65.7 Å². The Morgan fingerprint density at radius 2 is 1.77 bits per heavy atom. The van der Waals surface area contributed by atoms with Gasteiger partial charge >= 0.3 is 0 Å². The molecule has 1 aliphatic rings. The van der Waals surface area contributed by atoms with E-state index in [-0.39, 0.29) is 17.7 Å². The lowest BCUT2D eigenvalue weighted by atomic mass is 10.1. The largest absolute Gasteiger partial charge is 0.384 e. The molecular weight excluding hydrogens is 378 g/mol. The average molecular weight is 410 g/mol. The molecule has 1 heterocycles. The van der Waals surface area contributed by atoms with E-state index in [1.807, 2.05) is 11.0 Å². The zero-order chi connectivity index (χ0) is 21.3. The van der Waals surface area contributed by atoms with E-state index in [1.165, 1.54) is 12.5 Å². The Morgan fingerprint density at radius 1 is 1.03 bits per heavy atom. The minimum absolute atomic E-state index is 0.0235. The number of nitrogens with one attached hydrogen (secondary N) is 1. The van der Waals surface area contributed by atoms with Gasteiger partial charge in [0.2, 0.25) is 5.91 Å². The summed E-state index contributed by atoms with van der Waals surface area (Å²) in [5.41, 5.74) is 2.66. The average Bonchev–Trinajstić information content (AvgIpc) is 2.95. The van der Waals surface area contributed by atoms with E-state index in [4.69, 9.17) is 4.74 Å². The molecular formula is C24H31N3O3. The molecule has 6 heteroatoms. The van der Waals surface area contributed by atoms with E-state index < -0.39 is 0 Å². The molecule has 30 heavy (non-hydrogen) atoms. The van der Waals surface area contributed by atoms with Gasteiger partial charge in [0, 0.05) is 63.9 Å². The number of methoxy groups -OCH3 is 1. The lowest BCUT2D eigenvalue weighted by Crippen LogP contribution is -2.37. The van der Waals surface area contributed by atoms with E-state index in [0.717, 1.165) is 26.1 Å². The van der Waals surface area contributed by atoms with Crippen molar-refractivity contribution < 1.29 is 14.3 Å². The summed E-state index contributed by atoms with van der Waals surface area (Å²) in [7, 11) is 1.71. The van der Waals surface area contributed by atoms with E-state index in [0.29, 0.717) is 30.9 Å². The second-order valence-corrected chi connectivity index (χ2v) is 7.87. The number of carbonyl (C=O) groups is 2. The predicted molar refractivity (Wildman–Crippen MR) is 119 cm³/mol. The zero-order valence-electron chi connectivity index (χ0n) is 17.8. The van der Waals surface area contributed by atoms with Crippen LogP contribution in [0.3, 0.4) is 0 Å². The molecule has 1 aliphatic heterocycles. The topological polar surface area (TPSA) is 61.9 Å². The molecule has 3 rings (SSSR count). The molecule has 1 saturated heterocycles. The summed E-state index contributed by atoms with van der Waals surface area (Å²) in [4.78, 5) is 28.7. The van der Waals surface area contributed by atoms with E-state index >= 15 is 0 Å². The fraction of sp³-hybridized carbons (Fsp3) is 0.417. The van der Waals surface area contributed by atoms with Gasteiger partial charge in [0.25, 0.3) is 5.91 Å². The van der Waals surface area contributed by atoms with Crippen molar-refractivity contribution in [2.24, 2.45) is 5.92 Å². The lowest BCUT2D eigenvalue weighted by Gasteiger charge is -2.24. The number of rotatable bonds is 7. The molecule has 1 fully saturated rings. The zero-order valence-corrected chi connectivity index (χ0v) is 17.8. The molecule has 0 aromatic heterocycles. The standard InChI is InChI=1S/C24H31N3O3/c1-19(28)25-23-10-8-22(9-11-23)24(29)27-15-14-26(16-21(17-27)18-30-2)13-12-20-6-4-3-5-7-20/h3-11,21H,12-18H2,1-2H3,(H,25,28)/t21-/m1/s1. The number of carbonyl (C=O) groups excluding carboxylic acids is 2. The molecule has 1 atom stereocenters. The molecule has 2 aromatic carbocycles. The van der Waals surface area contributed by atoms with Crippen LogP contribution in [0, 0.1) is 5.92 Å². The third kappa shape index (κ3) is 6.40. The monoisotopic (exact) mass is 409 g/mol. The summed E-state index contributed by atoms with van der Waals surface area (Å²) in [6.07, 6.45) is 0.999. The summed E-state index contributed by atoms with van der Waals surface area (Å²) >= 11 is 0. The van der Waals surface area contributed by atoms with Crippen molar-refractivity contribution in [3.8, 4) is 0 Å². The van der Waals surface area contributed by atoms with Gasteiger partial charge in [-0.1, -0.05) is 30.3 Å². The summed E-state index contributed by atoms with van der Waals surface area (Å²) < 4.78 is 5.43. The second kappa shape index (κ2) is 10.9.